The molecular weight excluding hydrogens is 308 g/mol. The molecule has 0 N–H and O–H groups in total. The molecule has 0 saturated heterocycles. The molecule has 1 nitrogen and oxygen atoms in total. The molecule has 0 heterocycles. The van der Waals surface area contributed by atoms with Crippen molar-refractivity contribution in [1.29, 1.82) is 0 Å². The van der Waals surface area contributed by atoms with Gasteiger partial charge in [-0.3, -0.25) is 0 Å². The molecule has 1 aliphatic carbocycles. The van der Waals surface area contributed by atoms with Crippen LogP contribution in [0, 0.1) is 5.41 Å². The van der Waals surface area contributed by atoms with Gasteiger partial charge in [0.15, 0.2) is 0 Å². The summed E-state index contributed by atoms with van der Waals surface area (Å²) in [5.74, 6) is 0.944. The van der Waals surface area contributed by atoms with Gasteiger partial charge in [0.05, 0.1) is 11.1 Å². The summed E-state index contributed by atoms with van der Waals surface area (Å²) in [6, 6.07) is 7.99. The first kappa shape index (κ1) is 10.5. The van der Waals surface area contributed by atoms with E-state index < -0.39 is 0 Å². The molecule has 2 rings (SSSR count). The Morgan fingerprint density at radius 2 is 2.00 bits per heavy atom. The molecule has 1 saturated carbocycles. The average molecular weight is 320 g/mol. The van der Waals surface area contributed by atoms with Crippen LogP contribution in [0.2, 0.25) is 0 Å². The molecule has 1 fully saturated rings. The molecule has 0 aliphatic heterocycles. The first-order valence-electron chi connectivity index (χ1n) is 4.69. The maximum absolute atomic E-state index is 5.78. The minimum Gasteiger partial charge on any atom is -0.492 e. The van der Waals surface area contributed by atoms with Gasteiger partial charge in [0.1, 0.15) is 5.75 Å². The van der Waals surface area contributed by atoms with Crippen LogP contribution in [0.3, 0.4) is 0 Å². The zero-order chi connectivity index (χ0) is 10.0. The molecule has 0 amide bonds. The Hall–Kier alpha value is -0.0200. The third-order valence-electron chi connectivity index (χ3n) is 2.61. The van der Waals surface area contributed by atoms with Crippen LogP contribution < -0.4 is 4.74 Å². The number of hydrogen-bond donors (Lipinski definition) is 0. The maximum atomic E-state index is 5.78. The number of halogens is 2. The second-order valence-corrected chi connectivity index (χ2v) is 5.27. The second-order valence-electron chi connectivity index (χ2n) is 3.85. The van der Waals surface area contributed by atoms with Crippen molar-refractivity contribution in [3.05, 3.63) is 28.7 Å². The predicted molar refractivity (Wildman–Crippen MR) is 65.1 cm³/mol. The maximum Gasteiger partial charge on any atom is 0.133 e. The predicted octanol–water partition coefficient (Wildman–Crippen LogP) is 4.00. The molecule has 76 valence electrons. The van der Waals surface area contributed by atoms with Gasteiger partial charge in [-0.1, -0.05) is 28.1 Å². The molecule has 0 bridgehead atoms. The molecule has 0 atom stereocenters. The first-order valence-corrected chi connectivity index (χ1v) is 6.61. The Balaban J connectivity index is 1.95. The molecule has 1 aliphatic rings. The van der Waals surface area contributed by atoms with Crippen LogP contribution in [0.25, 0.3) is 0 Å². The van der Waals surface area contributed by atoms with Crippen molar-refractivity contribution in [2.24, 2.45) is 5.41 Å². The molecule has 1 aromatic carbocycles. The SMILES string of the molecule is BrCC1(COc2ccccc2Br)CC1. The first-order chi connectivity index (χ1) is 6.76. The highest BCUT2D eigenvalue weighted by Crippen LogP contribution is 2.47. The number of rotatable bonds is 4. The molecule has 14 heavy (non-hydrogen) atoms. The summed E-state index contributed by atoms with van der Waals surface area (Å²) in [5.41, 5.74) is 0.412. The zero-order valence-electron chi connectivity index (χ0n) is 7.80. The average Bonchev–Trinajstić information content (AvgIpc) is 2.98. The molecular formula is C11H12Br2O. The fourth-order valence-corrected chi connectivity index (χ4v) is 2.41. The molecule has 0 aromatic heterocycles. The van der Waals surface area contributed by atoms with Crippen molar-refractivity contribution in [2.45, 2.75) is 12.8 Å². The molecule has 0 spiro atoms. The van der Waals surface area contributed by atoms with Crippen LogP contribution in [0.1, 0.15) is 12.8 Å². The van der Waals surface area contributed by atoms with Crippen molar-refractivity contribution < 1.29 is 4.74 Å². The van der Waals surface area contributed by atoms with Crippen molar-refractivity contribution >= 4 is 31.9 Å². The number of ether oxygens (including phenoxy) is 1. The summed E-state index contributed by atoms with van der Waals surface area (Å²) < 4.78 is 6.81. The Kier molecular flexibility index (Phi) is 3.17. The Bertz CT molecular complexity index is 321. The largest absolute Gasteiger partial charge is 0.492 e. The van der Waals surface area contributed by atoms with Gasteiger partial charge < -0.3 is 4.74 Å². The van der Waals surface area contributed by atoms with Gasteiger partial charge in [-0.2, -0.15) is 0 Å². The van der Waals surface area contributed by atoms with Crippen LogP contribution in [-0.2, 0) is 0 Å². The van der Waals surface area contributed by atoms with Gasteiger partial charge in [-0.25, -0.2) is 0 Å². The minimum atomic E-state index is 0.412. The summed E-state index contributed by atoms with van der Waals surface area (Å²) in [5, 5.41) is 1.05. The van der Waals surface area contributed by atoms with Gasteiger partial charge >= 0.3 is 0 Å². The van der Waals surface area contributed by atoms with Crippen LogP contribution >= 0.6 is 31.9 Å². The quantitative estimate of drug-likeness (QED) is 0.762. The minimum absolute atomic E-state index is 0.412. The number of benzene rings is 1. The number of hydrogen-bond acceptors (Lipinski definition) is 1. The summed E-state index contributed by atoms with van der Waals surface area (Å²) in [6.07, 6.45) is 2.56. The highest BCUT2D eigenvalue weighted by atomic mass is 79.9. The van der Waals surface area contributed by atoms with Crippen molar-refractivity contribution in [2.75, 3.05) is 11.9 Å². The third kappa shape index (κ3) is 2.31. The van der Waals surface area contributed by atoms with E-state index in [1.165, 1.54) is 12.8 Å². The van der Waals surface area contributed by atoms with Gasteiger partial charge in [0, 0.05) is 10.7 Å². The smallest absolute Gasteiger partial charge is 0.133 e. The Labute approximate surface area is 101 Å². The van der Waals surface area contributed by atoms with Gasteiger partial charge in [-0.05, 0) is 40.9 Å². The lowest BCUT2D eigenvalue weighted by molar-refractivity contribution is 0.250. The van der Waals surface area contributed by atoms with E-state index >= 15 is 0 Å². The van der Waals surface area contributed by atoms with E-state index in [-0.39, 0.29) is 0 Å². The lowest BCUT2D eigenvalue weighted by Crippen LogP contribution is -2.14. The molecule has 3 heteroatoms. The topological polar surface area (TPSA) is 9.23 Å². The fraction of sp³-hybridized carbons (Fsp3) is 0.455. The highest BCUT2D eigenvalue weighted by Gasteiger charge is 2.42. The lowest BCUT2D eigenvalue weighted by atomic mass is 10.2. The molecule has 1 aromatic rings. The highest BCUT2D eigenvalue weighted by molar-refractivity contribution is 9.10. The Morgan fingerprint density at radius 1 is 1.29 bits per heavy atom. The summed E-state index contributed by atoms with van der Waals surface area (Å²) in [7, 11) is 0. The van der Waals surface area contributed by atoms with Crippen LogP contribution in [0.15, 0.2) is 28.7 Å². The second kappa shape index (κ2) is 4.23. The standard InChI is InChI=1S/C11H12Br2O/c12-7-11(5-6-11)8-14-10-4-2-1-3-9(10)13/h1-4H,5-8H2. The van der Waals surface area contributed by atoms with Gasteiger partial charge in [0.25, 0.3) is 0 Å². The Morgan fingerprint density at radius 3 is 2.57 bits per heavy atom. The van der Waals surface area contributed by atoms with Crippen molar-refractivity contribution in [3.8, 4) is 5.75 Å². The molecule has 0 unspecified atom stereocenters. The van der Waals surface area contributed by atoms with E-state index in [0.29, 0.717) is 5.41 Å². The zero-order valence-corrected chi connectivity index (χ0v) is 11.0. The third-order valence-corrected chi connectivity index (χ3v) is 4.46. The normalized spacial score (nSPS) is 17.9. The lowest BCUT2D eigenvalue weighted by Gasteiger charge is -2.13. The summed E-state index contributed by atoms with van der Waals surface area (Å²) >= 11 is 7.00. The van der Waals surface area contributed by atoms with E-state index in [0.717, 1.165) is 22.2 Å². The van der Waals surface area contributed by atoms with E-state index in [4.69, 9.17) is 4.74 Å². The van der Waals surface area contributed by atoms with Crippen LogP contribution in [0.4, 0.5) is 0 Å². The van der Waals surface area contributed by atoms with Gasteiger partial charge in [-0.15, -0.1) is 0 Å². The fourth-order valence-electron chi connectivity index (χ4n) is 1.29. The van der Waals surface area contributed by atoms with E-state index in [1.807, 2.05) is 24.3 Å². The summed E-state index contributed by atoms with van der Waals surface area (Å²) in [4.78, 5) is 0. The molecule has 0 radical (unpaired) electrons. The van der Waals surface area contributed by atoms with E-state index in [9.17, 15) is 0 Å². The van der Waals surface area contributed by atoms with Crippen LogP contribution in [0.5, 0.6) is 5.75 Å². The van der Waals surface area contributed by atoms with E-state index in [1.54, 1.807) is 0 Å². The summed E-state index contributed by atoms with van der Waals surface area (Å²) in [6.45, 7) is 0.820. The van der Waals surface area contributed by atoms with Crippen molar-refractivity contribution in [3.63, 3.8) is 0 Å². The number of alkyl halides is 1. The number of para-hydroxylation sites is 1. The van der Waals surface area contributed by atoms with Gasteiger partial charge in [0.2, 0.25) is 0 Å². The van der Waals surface area contributed by atoms with Crippen molar-refractivity contribution in [1.82, 2.24) is 0 Å². The van der Waals surface area contributed by atoms with Crippen LogP contribution in [-0.4, -0.2) is 11.9 Å². The monoisotopic (exact) mass is 318 g/mol. The van der Waals surface area contributed by atoms with E-state index in [2.05, 4.69) is 31.9 Å².